The second kappa shape index (κ2) is 3.86. The highest BCUT2D eigenvalue weighted by Crippen LogP contribution is 2.34. The SMILES string of the molecule is C[C@@H]1CC(C(=O)O)(n2ccnn2)C[C@H](C)O1. The van der Waals surface area contributed by atoms with Crippen LogP contribution in [0.15, 0.2) is 12.4 Å². The van der Waals surface area contributed by atoms with Gasteiger partial charge in [0.25, 0.3) is 0 Å². The Labute approximate surface area is 93.2 Å². The molecule has 6 heteroatoms. The highest BCUT2D eigenvalue weighted by atomic mass is 16.5. The second-order valence-corrected chi connectivity index (χ2v) is 4.35. The van der Waals surface area contributed by atoms with Gasteiger partial charge in [-0.25, -0.2) is 9.48 Å². The number of hydrogen-bond acceptors (Lipinski definition) is 4. The van der Waals surface area contributed by atoms with Crippen LogP contribution in [-0.2, 0) is 15.1 Å². The Hall–Kier alpha value is -1.43. The lowest BCUT2D eigenvalue weighted by molar-refractivity contribution is -0.162. The molecule has 1 saturated heterocycles. The van der Waals surface area contributed by atoms with Crippen molar-refractivity contribution >= 4 is 5.97 Å². The highest BCUT2D eigenvalue weighted by Gasteiger charge is 2.47. The summed E-state index contributed by atoms with van der Waals surface area (Å²) in [6.07, 6.45) is 3.73. The van der Waals surface area contributed by atoms with Crippen molar-refractivity contribution in [2.24, 2.45) is 0 Å². The molecule has 0 aromatic carbocycles. The summed E-state index contributed by atoms with van der Waals surface area (Å²) in [6, 6.07) is 0. The summed E-state index contributed by atoms with van der Waals surface area (Å²) >= 11 is 0. The van der Waals surface area contributed by atoms with Crippen molar-refractivity contribution in [3.63, 3.8) is 0 Å². The van der Waals surface area contributed by atoms with Crippen LogP contribution in [-0.4, -0.2) is 38.3 Å². The minimum Gasteiger partial charge on any atom is -0.479 e. The number of carbonyl (C=O) groups is 1. The molecule has 2 rings (SSSR count). The number of carboxylic acids is 1. The number of nitrogens with zero attached hydrogens (tertiary/aromatic N) is 3. The molecule has 3 atom stereocenters. The van der Waals surface area contributed by atoms with Gasteiger partial charge in [-0.05, 0) is 13.8 Å². The average molecular weight is 225 g/mol. The van der Waals surface area contributed by atoms with Crippen LogP contribution >= 0.6 is 0 Å². The van der Waals surface area contributed by atoms with Crippen molar-refractivity contribution in [2.45, 2.75) is 44.4 Å². The molecule has 6 nitrogen and oxygen atoms in total. The third kappa shape index (κ3) is 1.69. The van der Waals surface area contributed by atoms with Crippen molar-refractivity contribution in [3.05, 3.63) is 12.4 Å². The van der Waals surface area contributed by atoms with Crippen LogP contribution in [0.5, 0.6) is 0 Å². The van der Waals surface area contributed by atoms with E-state index in [9.17, 15) is 9.90 Å². The van der Waals surface area contributed by atoms with Gasteiger partial charge in [-0.1, -0.05) is 5.21 Å². The molecule has 1 aromatic rings. The summed E-state index contributed by atoms with van der Waals surface area (Å²) in [5, 5.41) is 17.0. The molecule has 1 unspecified atom stereocenters. The lowest BCUT2D eigenvalue weighted by Gasteiger charge is -2.39. The van der Waals surface area contributed by atoms with E-state index in [1.54, 1.807) is 6.20 Å². The van der Waals surface area contributed by atoms with Gasteiger partial charge >= 0.3 is 5.97 Å². The second-order valence-electron chi connectivity index (χ2n) is 4.35. The topological polar surface area (TPSA) is 77.2 Å². The number of aliphatic carboxylic acids is 1. The van der Waals surface area contributed by atoms with E-state index < -0.39 is 11.5 Å². The van der Waals surface area contributed by atoms with Gasteiger partial charge in [-0.2, -0.15) is 0 Å². The molecular weight excluding hydrogens is 210 g/mol. The Morgan fingerprint density at radius 2 is 2.12 bits per heavy atom. The van der Waals surface area contributed by atoms with Crippen LogP contribution in [0.3, 0.4) is 0 Å². The molecule has 0 radical (unpaired) electrons. The molecule has 16 heavy (non-hydrogen) atoms. The van der Waals surface area contributed by atoms with Crippen LogP contribution in [0, 0.1) is 0 Å². The lowest BCUT2D eigenvalue weighted by Crippen LogP contribution is -2.51. The quantitative estimate of drug-likeness (QED) is 0.799. The van der Waals surface area contributed by atoms with Crippen molar-refractivity contribution in [3.8, 4) is 0 Å². The Morgan fingerprint density at radius 3 is 2.56 bits per heavy atom. The summed E-state index contributed by atoms with van der Waals surface area (Å²) < 4.78 is 7.00. The summed E-state index contributed by atoms with van der Waals surface area (Å²) in [4.78, 5) is 11.5. The van der Waals surface area contributed by atoms with Gasteiger partial charge in [0.05, 0.1) is 18.4 Å². The Bertz CT molecular complexity index is 367. The van der Waals surface area contributed by atoms with Gasteiger partial charge in [0.15, 0.2) is 5.54 Å². The van der Waals surface area contributed by atoms with Crippen molar-refractivity contribution in [1.82, 2.24) is 15.0 Å². The Balaban J connectivity index is 2.39. The molecule has 2 heterocycles. The molecule has 1 aliphatic rings. The zero-order valence-corrected chi connectivity index (χ0v) is 9.33. The maximum Gasteiger partial charge on any atom is 0.331 e. The fourth-order valence-electron chi connectivity index (χ4n) is 2.42. The molecule has 0 amide bonds. The maximum absolute atomic E-state index is 11.5. The van der Waals surface area contributed by atoms with Crippen molar-refractivity contribution in [2.75, 3.05) is 0 Å². The van der Waals surface area contributed by atoms with E-state index in [-0.39, 0.29) is 12.2 Å². The minimum absolute atomic E-state index is 0.0935. The van der Waals surface area contributed by atoms with Crippen molar-refractivity contribution in [1.29, 1.82) is 0 Å². The van der Waals surface area contributed by atoms with Crippen LogP contribution in [0.1, 0.15) is 26.7 Å². The van der Waals surface area contributed by atoms with E-state index in [1.807, 2.05) is 13.8 Å². The third-order valence-electron chi connectivity index (χ3n) is 2.97. The zero-order valence-electron chi connectivity index (χ0n) is 9.33. The van der Waals surface area contributed by atoms with Gasteiger partial charge in [0, 0.05) is 19.0 Å². The molecule has 0 aliphatic carbocycles. The monoisotopic (exact) mass is 225 g/mol. The Kier molecular flexibility index (Phi) is 2.67. The first kappa shape index (κ1) is 11.1. The predicted molar refractivity (Wildman–Crippen MR) is 54.9 cm³/mol. The van der Waals surface area contributed by atoms with Gasteiger partial charge in [0.1, 0.15) is 0 Å². The first-order valence-corrected chi connectivity index (χ1v) is 5.30. The smallest absolute Gasteiger partial charge is 0.331 e. The van der Waals surface area contributed by atoms with E-state index >= 15 is 0 Å². The van der Waals surface area contributed by atoms with E-state index in [0.29, 0.717) is 12.8 Å². The van der Waals surface area contributed by atoms with Crippen LogP contribution in [0.4, 0.5) is 0 Å². The summed E-state index contributed by atoms with van der Waals surface area (Å²) in [5.41, 5.74) is -1.02. The van der Waals surface area contributed by atoms with E-state index in [1.165, 1.54) is 10.9 Å². The van der Waals surface area contributed by atoms with Gasteiger partial charge < -0.3 is 9.84 Å². The minimum atomic E-state index is -1.02. The fraction of sp³-hybridized carbons (Fsp3) is 0.700. The van der Waals surface area contributed by atoms with E-state index in [4.69, 9.17) is 4.74 Å². The van der Waals surface area contributed by atoms with Crippen LogP contribution < -0.4 is 0 Å². The molecule has 0 saturated carbocycles. The standard InChI is InChI=1S/C10H15N3O3/c1-7-5-10(9(14)15,6-8(2)16-7)13-4-3-11-12-13/h3-4,7-8H,5-6H2,1-2H3,(H,14,15)/t7-,8+,10?. The molecule has 1 aliphatic heterocycles. The molecule has 88 valence electrons. The number of hydrogen-bond donors (Lipinski definition) is 1. The molecule has 1 aromatic heterocycles. The molecule has 0 bridgehead atoms. The lowest BCUT2D eigenvalue weighted by atomic mass is 9.84. The summed E-state index contributed by atoms with van der Waals surface area (Å²) in [7, 11) is 0. The molecule has 0 spiro atoms. The molecule has 1 N–H and O–H groups in total. The zero-order chi connectivity index (χ0) is 11.8. The molecular formula is C10H15N3O3. The van der Waals surface area contributed by atoms with Gasteiger partial charge in [-0.3, -0.25) is 0 Å². The van der Waals surface area contributed by atoms with E-state index in [2.05, 4.69) is 10.3 Å². The summed E-state index contributed by atoms with van der Waals surface area (Å²) in [5.74, 6) is -0.875. The average Bonchev–Trinajstić information content (AvgIpc) is 2.68. The number of ether oxygens (including phenoxy) is 1. The Morgan fingerprint density at radius 1 is 1.50 bits per heavy atom. The normalized spacial score (nSPS) is 34.9. The summed E-state index contributed by atoms with van der Waals surface area (Å²) in [6.45, 7) is 3.76. The number of carboxylic acid groups (broad SMARTS) is 1. The van der Waals surface area contributed by atoms with Crippen LogP contribution in [0.25, 0.3) is 0 Å². The van der Waals surface area contributed by atoms with E-state index in [0.717, 1.165) is 0 Å². The highest BCUT2D eigenvalue weighted by molar-refractivity contribution is 5.76. The number of rotatable bonds is 2. The van der Waals surface area contributed by atoms with Gasteiger partial charge in [-0.15, -0.1) is 5.10 Å². The van der Waals surface area contributed by atoms with Crippen molar-refractivity contribution < 1.29 is 14.6 Å². The van der Waals surface area contributed by atoms with Crippen LogP contribution in [0.2, 0.25) is 0 Å². The first-order chi connectivity index (χ1) is 7.54. The number of aromatic nitrogens is 3. The third-order valence-corrected chi connectivity index (χ3v) is 2.97. The van der Waals surface area contributed by atoms with Gasteiger partial charge in [0.2, 0.25) is 0 Å². The fourth-order valence-corrected chi connectivity index (χ4v) is 2.42. The largest absolute Gasteiger partial charge is 0.479 e. The maximum atomic E-state index is 11.5. The predicted octanol–water partition coefficient (Wildman–Crippen LogP) is 0.645. The first-order valence-electron chi connectivity index (χ1n) is 5.30. The molecule has 1 fully saturated rings.